The van der Waals surface area contributed by atoms with E-state index in [1.165, 1.54) is 38.5 Å². The van der Waals surface area contributed by atoms with Gasteiger partial charge in [-0.1, -0.05) is 31.6 Å². The first-order valence-corrected chi connectivity index (χ1v) is 11.0. The molecule has 27 heavy (non-hydrogen) atoms. The average Bonchev–Trinajstić information content (AvgIpc) is 2.93. The Morgan fingerprint density at radius 1 is 1.22 bits per heavy atom. The Labute approximate surface area is 172 Å². The van der Waals surface area contributed by atoms with Crippen molar-refractivity contribution in [1.82, 2.24) is 0 Å². The number of halogens is 1. The van der Waals surface area contributed by atoms with E-state index in [1.807, 2.05) is 6.08 Å². The molecule has 4 rings (SSSR count). The summed E-state index contributed by atoms with van der Waals surface area (Å²) in [6.07, 6.45) is 15.0. The van der Waals surface area contributed by atoms with Crippen molar-refractivity contribution in [3.8, 4) is 0 Å². The van der Waals surface area contributed by atoms with Crippen LogP contribution in [0.3, 0.4) is 0 Å². The maximum Gasteiger partial charge on any atom is 0.0577 e. The molecule has 3 fully saturated rings. The van der Waals surface area contributed by atoms with Crippen LogP contribution in [0, 0.1) is 34.5 Å². The molecule has 8 atom stereocenters. The Morgan fingerprint density at radius 3 is 2.67 bits per heavy atom. The fourth-order valence-corrected chi connectivity index (χ4v) is 8.18. The van der Waals surface area contributed by atoms with Crippen molar-refractivity contribution in [3.63, 3.8) is 0 Å². The summed E-state index contributed by atoms with van der Waals surface area (Å²) in [5, 5.41) is 10.2. The van der Waals surface area contributed by atoms with E-state index in [4.69, 9.17) is 5.73 Å². The smallest absolute Gasteiger partial charge is 0.0577 e. The van der Waals surface area contributed by atoms with Crippen LogP contribution in [0.5, 0.6) is 0 Å². The van der Waals surface area contributed by atoms with E-state index in [9.17, 15) is 5.11 Å². The van der Waals surface area contributed by atoms with Crippen LogP contribution in [0.15, 0.2) is 24.3 Å². The fraction of sp³-hybridized carbons (Fsp3) is 0.833. The van der Waals surface area contributed by atoms with E-state index < -0.39 is 0 Å². The minimum Gasteiger partial charge on any atom is -0.393 e. The number of rotatable bonds is 3. The number of nitrogens with two attached hydrogens (primary N) is 1. The first-order valence-electron chi connectivity index (χ1n) is 11.0. The van der Waals surface area contributed by atoms with Gasteiger partial charge in [0.1, 0.15) is 0 Å². The predicted molar refractivity (Wildman–Crippen MR) is 116 cm³/mol. The summed E-state index contributed by atoms with van der Waals surface area (Å²) in [6, 6.07) is 0. The summed E-state index contributed by atoms with van der Waals surface area (Å²) in [5.41, 5.74) is 9.02. The number of allylic oxidation sites excluding steroid dienone is 1. The van der Waals surface area contributed by atoms with E-state index >= 15 is 0 Å². The molecule has 0 saturated heterocycles. The van der Waals surface area contributed by atoms with Gasteiger partial charge >= 0.3 is 0 Å². The lowest BCUT2D eigenvalue weighted by Gasteiger charge is -2.59. The molecular formula is C24H40ClNO. The van der Waals surface area contributed by atoms with Crippen LogP contribution in [0.25, 0.3) is 0 Å². The SMILES string of the molecule is C=CC[C@](C)(N)[C@H]1CC[C@H]2[C@@H]3CC=C4C[C@@H](O)CC[C@]4(C)[C@H]3CC[C@@]21C.Cl. The minimum atomic E-state index is -0.118. The highest BCUT2D eigenvalue weighted by Crippen LogP contribution is 2.67. The lowest BCUT2D eigenvalue weighted by atomic mass is 9.46. The Kier molecular flexibility index (Phi) is 5.69. The maximum atomic E-state index is 10.2. The van der Waals surface area contributed by atoms with E-state index in [2.05, 4.69) is 33.4 Å². The van der Waals surface area contributed by atoms with E-state index in [0.29, 0.717) is 16.7 Å². The number of aliphatic hydroxyl groups excluding tert-OH is 1. The second-order valence-electron chi connectivity index (χ2n) is 10.8. The molecule has 3 saturated carbocycles. The van der Waals surface area contributed by atoms with Gasteiger partial charge in [-0.25, -0.2) is 0 Å². The van der Waals surface area contributed by atoms with Gasteiger partial charge in [-0.2, -0.15) is 0 Å². The summed E-state index contributed by atoms with van der Waals surface area (Å²) >= 11 is 0. The molecule has 2 nitrogen and oxygen atoms in total. The molecule has 3 N–H and O–H groups in total. The van der Waals surface area contributed by atoms with E-state index in [1.54, 1.807) is 5.57 Å². The van der Waals surface area contributed by atoms with Gasteiger partial charge in [0, 0.05) is 5.54 Å². The monoisotopic (exact) mass is 393 g/mol. The molecule has 0 unspecified atom stereocenters. The number of hydrogen-bond donors (Lipinski definition) is 2. The van der Waals surface area contributed by atoms with Gasteiger partial charge in [0.05, 0.1) is 6.10 Å². The molecule has 4 aliphatic carbocycles. The minimum absolute atomic E-state index is 0. The third-order valence-corrected chi connectivity index (χ3v) is 9.46. The summed E-state index contributed by atoms with van der Waals surface area (Å²) in [7, 11) is 0. The van der Waals surface area contributed by atoms with Crippen molar-refractivity contribution in [2.45, 2.75) is 90.2 Å². The molecular weight excluding hydrogens is 354 g/mol. The van der Waals surface area contributed by atoms with Gasteiger partial charge in [0.25, 0.3) is 0 Å². The lowest BCUT2D eigenvalue weighted by molar-refractivity contribution is -0.0593. The molecule has 0 spiro atoms. The second-order valence-corrected chi connectivity index (χ2v) is 10.8. The highest BCUT2D eigenvalue weighted by molar-refractivity contribution is 5.85. The number of aliphatic hydroxyl groups is 1. The van der Waals surface area contributed by atoms with E-state index in [-0.39, 0.29) is 24.0 Å². The molecule has 0 aliphatic heterocycles. The molecule has 154 valence electrons. The standard InChI is InChI=1S/C24H39NO.ClH/c1-5-12-24(4,25)21-9-8-19-18-7-6-16-15-17(26)10-13-22(16,2)20(18)11-14-23(19,21)3;/h5-6,17-21,26H,1,7-15,25H2,2-4H3;1H/t17-,18-,19-,20-,21-,22-,23-,24-;/m0./s1. The fourth-order valence-electron chi connectivity index (χ4n) is 8.18. The van der Waals surface area contributed by atoms with Crippen LogP contribution in [-0.4, -0.2) is 16.7 Å². The van der Waals surface area contributed by atoms with Crippen molar-refractivity contribution in [2.24, 2.45) is 40.2 Å². The summed E-state index contributed by atoms with van der Waals surface area (Å²) in [6.45, 7) is 11.3. The average molecular weight is 394 g/mol. The molecule has 0 heterocycles. The lowest BCUT2D eigenvalue weighted by Crippen LogP contribution is -2.55. The Morgan fingerprint density at radius 2 is 1.96 bits per heavy atom. The van der Waals surface area contributed by atoms with Gasteiger partial charge in [0.2, 0.25) is 0 Å². The van der Waals surface area contributed by atoms with Gasteiger partial charge in [-0.15, -0.1) is 19.0 Å². The van der Waals surface area contributed by atoms with Gasteiger partial charge in [-0.3, -0.25) is 0 Å². The third kappa shape index (κ3) is 3.15. The maximum absolute atomic E-state index is 10.2. The molecule has 0 aromatic heterocycles. The highest BCUT2D eigenvalue weighted by Gasteiger charge is 2.60. The van der Waals surface area contributed by atoms with Crippen LogP contribution >= 0.6 is 12.4 Å². The molecule has 0 aromatic rings. The molecule has 0 radical (unpaired) electrons. The zero-order valence-electron chi connectivity index (χ0n) is 17.5. The number of hydrogen-bond acceptors (Lipinski definition) is 2. The van der Waals surface area contributed by atoms with Crippen molar-refractivity contribution in [3.05, 3.63) is 24.3 Å². The predicted octanol–water partition coefficient (Wildman–Crippen LogP) is 5.64. The molecule has 4 aliphatic rings. The van der Waals surface area contributed by atoms with Crippen LogP contribution in [0.1, 0.15) is 78.6 Å². The Hall–Kier alpha value is -0.310. The summed E-state index contributed by atoms with van der Waals surface area (Å²) in [4.78, 5) is 0. The van der Waals surface area contributed by atoms with Crippen LogP contribution in [0.4, 0.5) is 0 Å². The number of fused-ring (bicyclic) bond motifs is 5. The Balaban J connectivity index is 0.00000210. The van der Waals surface area contributed by atoms with Crippen molar-refractivity contribution in [1.29, 1.82) is 0 Å². The van der Waals surface area contributed by atoms with Gasteiger partial charge in [-0.05, 0) is 99.2 Å². The zero-order valence-corrected chi connectivity index (χ0v) is 18.4. The van der Waals surface area contributed by atoms with Crippen LogP contribution < -0.4 is 5.73 Å². The largest absolute Gasteiger partial charge is 0.393 e. The summed E-state index contributed by atoms with van der Waals surface area (Å²) < 4.78 is 0. The van der Waals surface area contributed by atoms with Crippen molar-refractivity contribution in [2.75, 3.05) is 0 Å². The van der Waals surface area contributed by atoms with E-state index in [0.717, 1.165) is 37.0 Å². The van der Waals surface area contributed by atoms with Crippen LogP contribution in [0.2, 0.25) is 0 Å². The topological polar surface area (TPSA) is 46.2 Å². The second kappa shape index (κ2) is 7.18. The molecule has 3 heteroatoms. The van der Waals surface area contributed by atoms with Crippen molar-refractivity contribution < 1.29 is 5.11 Å². The molecule has 0 bridgehead atoms. The van der Waals surface area contributed by atoms with Crippen LogP contribution in [-0.2, 0) is 0 Å². The first-order chi connectivity index (χ1) is 12.2. The summed E-state index contributed by atoms with van der Waals surface area (Å²) in [5.74, 6) is 3.07. The van der Waals surface area contributed by atoms with Crippen molar-refractivity contribution >= 4 is 12.4 Å². The first kappa shape index (κ1) is 21.4. The zero-order chi connectivity index (χ0) is 18.7. The third-order valence-electron chi connectivity index (χ3n) is 9.46. The van der Waals surface area contributed by atoms with Gasteiger partial charge < -0.3 is 10.8 Å². The molecule has 0 aromatic carbocycles. The van der Waals surface area contributed by atoms with Gasteiger partial charge in [0.15, 0.2) is 0 Å². The molecule has 0 amide bonds. The quantitative estimate of drug-likeness (QED) is 0.609. The highest BCUT2D eigenvalue weighted by atomic mass is 35.5. The Bertz CT molecular complexity index is 614. The normalized spacial score (nSPS) is 48.2.